The third-order valence-corrected chi connectivity index (χ3v) is 6.34. The first kappa shape index (κ1) is 24.9. The fraction of sp³-hybridized carbons (Fsp3) is 0.480. The Morgan fingerprint density at radius 1 is 0.968 bits per heavy atom. The Bertz CT molecular complexity index is 1030. The first-order valence-corrected chi connectivity index (χ1v) is 12.4. The first-order valence-electron chi connectivity index (χ1n) is 10.5. The van der Waals surface area contributed by atoms with Crippen molar-refractivity contribution in [3.8, 4) is 0 Å². The van der Waals surface area contributed by atoms with Crippen LogP contribution in [0.1, 0.15) is 68.1 Å². The predicted octanol–water partition coefficient (Wildman–Crippen LogP) is 5.21. The number of anilines is 1. The number of hydrogen-bond donors (Lipinski definition) is 1. The normalized spacial score (nSPS) is 12.5. The van der Waals surface area contributed by atoms with E-state index >= 15 is 0 Å². The van der Waals surface area contributed by atoms with Crippen LogP contribution in [0.4, 0.5) is 5.69 Å². The highest BCUT2D eigenvalue weighted by atomic mass is 32.2. The van der Waals surface area contributed by atoms with Gasteiger partial charge in [0.2, 0.25) is 10.0 Å². The fourth-order valence-corrected chi connectivity index (χ4v) is 5.00. The summed E-state index contributed by atoms with van der Waals surface area (Å²) in [4.78, 5) is 12.7. The number of sulfonamides is 1. The smallest absolute Gasteiger partial charge is 0.251 e. The average molecular weight is 445 g/mol. The summed E-state index contributed by atoms with van der Waals surface area (Å²) in [5, 5.41) is 3.11. The average Bonchev–Trinajstić information content (AvgIpc) is 2.59. The molecule has 0 radical (unpaired) electrons. The van der Waals surface area contributed by atoms with Crippen LogP contribution in [-0.4, -0.2) is 26.1 Å². The molecule has 0 unspecified atom stereocenters. The third kappa shape index (κ3) is 7.10. The molecule has 0 aliphatic rings. The quantitative estimate of drug-likeness (QED) is 0.637. The third-order valence-electron chi connectivity index (χ3n) is 5.21. The van der Waals surface area contributed by atoms with E-state index in [1.54, 1.807) is 12.1 Å². The number of aryl methyl sites for hydroxylation is 1. The van der Waals surface area contributed by atoms with Crippen LogP contribution in [0, 0.1) is 19.3 Å². The fourth-order valence-electron chi connectivity index (χ4n) is 4.06. The van der Waals surface area contributed by atoms with Gasteiger partial charge < -0.3 is 5.32 Å². The zero-order valence-corrected chi connectivity index (χ0v) is 20.9. The van der Waals surface area contributed by atoms with E-state index in [-0.39, 0.29) is 23.4 Å². The second kappa shape index (κ2) is 9.03. The van der Waals surface area contributed by atoms with Crippen molar-refractivity contribution < 1.29 is 13.2 Å². The molecular formula is C25H36N2O3S. The zero-order chi connectivity index (χ0) is 23.6. The molecule has 0 atom stereocenters. The molecule has 2 rings (SSSR count). The molecule has 0 aliphatic heterocycles. The number of carbonyl (C=O) groups excluding carboxylic acids is 1. The molecule has 0 aromatic heterocycles. The maximum atomic E-state index is 12.7. The first-order chi connectivity index (χ1) is 14.1. The molecule has 2 aromatic rings. The number of hydrogen-bond acceptors (Lipinski definition) is 3. The van der Waals surface area contributed by atoms with Gasteiger partial charge in [-0.3, -0.25) is 9.10 Å². The Morgan fingerprint density at radius 2 is 1.55 bits per heavy atom. The van der Waals surface area contributed by atoms with E-state index in [1.807, 2.05) is 58.0 Å². The number of carbonyl (C=O) groups is 1. The van der Waals surface area contributed by atoms with Crippen molar-refractivity contribution in [2.75, 3.05) is 10.6 Å². The summed E-state index contributed by atoms with van der Waals surface area (Å²) in [6.45, 7) is 14.6. The Morgan fingerprint density at radius 3 is 2.06 bits per heavy atom. The molecule has 0 spiro atoms. The van der Waals surface area contributed by atoms with E-state index in [9.17, 15) is 13.2 Å². The van der Waals surface area contributed by atoms with Gasteiger partial charge in [-0.2, -0.15) is 0 Å². The van der Waals surface area contributed by atoms with Gasteiger partial charge in [-0.15, -0.1) is 0 Å². The number of nitrogens with one attached hydrogen (secondary N) is 1. The lowest BCUT2D eigenvalue weighted by molar-refractivity contribution is 0.0891. The van der Waals surface area contributed by atoms with Gasteiger partial charge in [-0.25, -0.2) is 8.42 Å². The zero-order valence-electron chi connectivity index (χ0n) is 20.0. The van der Waals surface area contributed by atoms with Gasteiger partial charge in [-0.1, -0.05) is 45.0 Å². The summed E-state index contributed by atoms with van der Waals surface area (Å²) in [6, 6.07) is 12.8. The topological polar surface area (TPSA) is 66.5 Å². The molecule has 1 N–H and O–H groups in total. The van der Waals surface area contributed by atoms with Crippen LogP contribution in [0.5, 0.6) is 0 Å². The second-order valence-corrected chi connectivity index (χ2v) is 12.2. The van der Waals surface area contributed by atoms with Gasteiger partial charge in [-0.05, 0) is 74.4 Å². The lowest BCUT2D eigenvalue weighted by Crippen LogP contribution is -2.45. The van der Waals surface area contributed by atoms with Crippen molar-refractivity contribution >= 4 is 21.6 Å². The highest BCUT2D eigenvalue weighted by Crippen LogP contribution is 2.28. The molecule has 0 aliphatic carbocycles. The molecule has 31 heavy (non-hydrogen) atoms. The van der Waals surface area contributed by atoms with E-state index in [0.717, 1.165) is 23.1 Å². The number of amides is 1. The Balaban J connectivity index is 2.22. The van der Waals surface area contributed by atoms with E-state index in [2.05, 4.69) is 26.1 Å². The number of rotatable bonds is 7. The van der Waals surface area contributed by atoms with Gasteiger partial charge in [0.1, 0.15) is 0 Å². The largest absolute Gasteiger partial charge is 0.347 e. The van der Waals surface area contributed by atoms with Gasteiger partial charge in [0.25, 0.3) is 5.91 Å². The summed E-state index contributed by atoms with van der Waals surface area (Å²) in [7, 11) is -3.47. The van der Waals surface area contributed by atoms with E-state index < -0.39 is 10.0 Å². The number of benzene rings is 2. The predicted molar refractivity (Wildman–Crippen MR) is 129 cm³/mol. The van der Waals surface area contributed by atoms with Crippen molar-refractivity contribution in [2.24, 2.45) is 5.41 Å². The standard InChI is InChI=1S/C25H36N2O3S/c1-18-10-9-11-22(19(18)2)27(31(8,29)30)16-20-12-14-21(15-13-20)23(28)26-25(6,7)17-24(3,4)5/h9-15H,16-17H2,1-8H3,(H,26,28). The molecule has 1 amide bonds. The summed E-state index contributed by atoms with van der Waals surface area (Å²) < 4.78 is 26.4. The molecule has 5 nitrogen and oxygen atoms in total. The van der Waals surface area contributed by atoms with Gasteiger partial charge in [0.05, 0.1) is 18.5 Å². The summed E-state index contributed by atoms with van der Waals surface area (Å²) in [5.74, 6) is -0.129. The van der Waals surface area contributed by atoms with Crippen LogP contribution >= 0.6 is 0 Å². The van der Waals surface area contributed by atoms with Crippen LogP contribution in [0.2, 0.25) is 0 Å². The van der Waals surface area contributed by atoms with Crippen molar-refractivity contribution in [2.45, 2.75) is 67.0 Å². The molecule has 0 fully saturated rings. The summed E-state index contributed by atoms with van der Waals surface area (Å²) in [5.41, 5.74) is 3.79. The minimum absolute atomic E-state index is 0.101. The highest BCUT2D eigenvalue weighted by Gasteiger charge is 2.27. The van der Waals surface area contributed by atoms with Crippen LogP contribution < -0.4 is 9.62 Å². The maximum Gasteiger partial charge on any atom is 0.251 e. The Hall–Kier alpha value is -2.34. The summed E-state index contributed by atoms with van der Waals surface area (Å²) >= 11 is 0. The monoisotopic (exact) mass is 444 g/mol. The highest BCUT2D eigenvalue weighted by molar-refractivity contribution is 7.92. The maximum absolute atomic E-state index is 12.7. The molecular weight excluding hydrogens is 408 g/mol. The molecule has 0 heterocycles. The SMILES string of the molecule is Cc1cccc(N(Cc2ccc(C(=O)NC(C)(C)CC(C)(C)C)cc2)S(C)(=O)=O)c1C. The van der Waals surface area contributed by atoms with E-state index in [0.29, 0.717) is 11.3 Å². The van der Waals surface area contributed by atoms with Crippen molar-refractivity contribution in [1.29, 1.82) is 0 Å². The van der Waals surface area contributed by atoms with Gasteiger partial charge in [0, 0.05) is 11.1 Å². The summed E-state index contributed by atoms with van der Waals surface area (Å²) in [6.07, 6.45) is 2.07. The lowest BCUT2D eigenvalue weighted by atomic mass is 9.81. The minimum atomic E-state index is -3.47. The molecule has 0 saturated carbocycles. The molecule has 0 bridgehead atoms. The Labute approximate surface area is 187 Å². The van der Waals surface area contributed by atoms with Crippen molar-refractivity contribution in [3.05, 3.63) is 64.7 Å². The Kier molecular flexibility index (Phi) is 7.26. The van der Waals surface area contributed by atoms with Crippen molar-refractivity contribution in [3.63, 3.8) is 0 Å². The lowest BCUT2D eigenvalue weighted by Gasteiger charge is -2.33. The van der Waals surface area contributed by atoms with Crippen molar-refractivity contribution in [1.82, 2.24) is 5.32 Å². The van der Waals surface area contributed by atoms with Gasteiger partial charge >= 0.3 is 0 Å². The molecule has 0 saturated heterocycles. The second-order valence-electron chi connectivity index (χ2n) is 10.3. The van der Waals surface area contributed by atoms with E-state index in [4.69, 9.17) is 0 Å². The molecule has 2 aromatic carbocycles. The van der Waals surface area contributed by atoms with Crippen LogP contribution in [-0.2, 0) is 16.6 Å². The van der Waals surface area contributed by atoms with E-state index in [1.165, 1.54) is 10.6 Å². The molecule has 170 valence electrons. The van der Waals surface area contributed by atoms with Crippen LogP contribution in [0.15, 0.2) is 42.5 Å². The molecule has 6 heteroatoms. The number of nitrogens with zero attached hydrogens (tertiary/aromatic N) is 1. The van der Waals surface area contributed by atoms with Crippen LogP contribution in [0.25, 0.3) is 0 Å². The van der Waals surface area contributed by atoms with Gasteiger partial charge in [0.15, 0.2) is 0 Å². The minimum Gasteiger partial charge on any atom is -0.347 e. The van der Waals surface area contributed by atoms with Crippen LogP contribution in [0.3, 0.4) is 0 Å².